The van der Waals surface area contributed by atoms with E-state index in [1.807, 2.05) is 42.5 Å². The summed E-state index contributed by atoms with van der Waals surface area (Å²) >= 11 is 0. The number of rotatable bonds is 27. The van der Waals surface area contributed by atoms with Crippen LogP contribution in [-0.4, -0.2) is 218 Å². The molecule has 74 heavy (non-hydrogen) atoms. The Labute approximate surface area is 425 Å². The van der Waals surface area contributed by atoms with Crippen LogP contribution < -0.4 is 26.6 Å². The summed E-state index contributed by atoms with van der Waals surface area (Å²) in [6.45, 7) is 0.899. The van der Waals surface area contributed by atoms with Gasteiger partial charge in [0.1, 0.15) is 23.8 Å². The minimum atomic E-state index is -1.57. The van der Waals surface area contributed by atoms with Crippen molar-refractivity contribution in [1.29, 1.82) is 0 Å². The first-order valence-electron chi connectivity index (χ1n) is 23.8. The average molecular weight is 1040 g/mol. The molecule has 1 aliphatic rings. The van der Waals surface area contributed by atoms with Gasteiger partial charge in [0.25, 0.3) is 5.91 Å². The van der Waals surface area contributed by atoms with Crippen molar-refractivity contribution < 1.29 is 78.6 Å². The van der Waals surface area contributed by atoms with E-state index < -0.39 is 90.5 Å². The summed E-state index contributed by atoms with van der Waals surface area (Å²) in [6.07, 6.45) is 0.833. The monoisotopic (exact) mass is 1040 g/mol. The van der Waals surface area contributed by atoms with Crippen LogP contribution in [-0.2, 0) is 51.3 Å². The molecule has 11 N–H and O–H groups in total. The van der Waals surface area contributed by atoms with Crippen LogP contribution in [0, 0.1) is 0 Å². The van der Waals surface area contributed by atoms with Gasteiger partial charge in [-0.25, -0.2) is 14.4 Å². The second-order valence-corrected chi connectivity index (χ2v) is 17.6. The molecule has 2 aromatic carbocycles. The van der Waals surface area contributed by atoms with Crippen LogP contribution in [0.15, 0.2) is 60.8 Å². The highest BCUT2D eigenvalue weighted by Crippen LogP contribution is 2.17. The third-order valence-corrected chi connectivity index (χ3v) is 11.9. The minimum Gasteiger partial charge on any atom is -0.481 e. The molecule has 2 heterocycles. The number of benzene rings is 2. The quantitative estimate of drug-likeness (QED) is 0.0409. The lowest BCUT2D eigenvalue weighted by Gasteiger charge is -2.32. The molecule has 0 radical (unpaired) electrons. The molecular weight excluding hydrogens is 973 g/mol. The van der Waals surface area contributed by atoms with Crippen molar-refractivity contribution in [3.63, 3.8) is 0 Å². The molecule has 0 spiro atoms. The topological polar surface area (TPSA) is 378 Å². The highest BCUT2D eigenvalue weighted by molar-refractivity contribution is 5.96. The fraction of sp³-hybridized carbons (Fsp3) is 0.479. The van der Waals surface area contributed by atoms with E-state index in [4.69, 9.17) is 5.11 Å². The number of fused-ring (bicyclic) bond motifs is 1. The maximum atomic E-state index is 13.7. The first kappa shape index (κ1) is 58.8. The number of nitrogens with zero attached hydrogens (tertiary/aromatic N) is 5. The van der Waals surface area contributed by atoms with Crippen LogP contribution in [0.2, 0.25) is 0 Å². The van der Waals surface area contributed by atoms with Gasteiger partial charge in [-0.1, -0.05) is 48.5 Å². The van der Waals surface area contributed by atoms with E-state index in [0.29, 0.717) is 5.56 Å². The van der Waals surface area contributed by atoms with Crippen LogP contribution in [0.3, 0.4) is 0 Å². The smallest absolute Gasteiger partial charge is 0.326 e. The van der Waals surface area contributed by atoms with Crippen LogP contribution in [0.1, 0.15) is 53.7 Å². The molecule has 0 aliphatic carbocycles. The summed E-state index contributed by atoms with van der Waals surface area (Å²) in [4.78, 5) is 133. The van der Waals surface area contributed by atoms with Gasteiger partial charge in [0.15, 0.2) is 0 Å². The minimum absolute atomic E-state index is 0.0144. The second-order valence-electron chi connectivity index (χ2n) is 17.6. The second kappa shape index (κ2) is 30.3. The average Bonchev–Trinajstić information content (AvgIpc) is 3.34. The lowest BCUT2D eigenvalue weighted by Crippen LogP contribution is -2.51. The Morgan fingerprint density at radius 1 is 0.527 bits per heavy atom. The molecule has 1 fully saturated rings. The van der Waals surface area contributed by atoms with Gasteiger partial charge in [-0.2, -0.15) is 0 Å². The number of carbonyl (C=O) groups excluding carboxylic acids is 4. The number of carboxylic acids is 6. The summed E-state index contributed by atoms with van der Waals surface area (Å²) in [6, 6.07) is 11.0. The summed E-state index contributed by atoms with van der Waals surface area (Å²) in [5.74, 6) is -9.02. The Hall–Kier alpha value is -7.81. The molecule has 1 saturated heterocycles. The van der Waals surface area contributed by atoms with E-state index >= 15 is 0 Å². The SMILES string of the molecule is O=C(O)CC[C@H](NC(=O)N[C@@H](CCCCNC(=O)[C@H](Cc1ccc2ccccc2c1)NC(=O)c1ccc(CNC(=O)CN2CCN(CC(=O)O)CCN(CC(=O)O)CCN(CC(=O)O)CC2)cn1)C(=O)O)C(=O)O. The summed E-state index contributed by atoms with van der Waals surface area (Å²) < 4.78 is 0. The van der Waals surface area contributed by atoms with Crippen LogP contribution in [0.25, 0.3) is 10.8 Å². The molecule has 1 aromatic heterocycles. The molecule has 3 aromatic rings. The lowest BCUT2D eigenvalue weighted by molar-refractivity contribution is -0.141. The molecule has 0 unspecified atom stereocenters. The van der Waals surface area contributed by atoms with Crippen molar-refractivity contribution >= 4 is 70.3 Å². The van der Waals surface area contributed by atoms with E-state index in [1.54, 1.807) is 25.7 Å². The van der Waals surface area contributed by atoms with Crippen LogP contribution >= 0.6 is 0 Å². The fourth-order valence-electron chi connectivity index (χ4n) is 7.90. The Balaban J connectivity index is 1.35. The largest absolute Gasteiger partial charge is 0.481 e. The van der Waals surface area contributed by atoms with E-state index in [0.717, 1.165) is 16.3 Å². The Bertz CT molecular complexity index is 2410. The van der Waals surface area contributed by atoms with Crippen LogP contribution in [0.5, 0.6) is 0 Å². The normalized spacial score (nSPS) is 15.5. The predicted octanol–water partition coefficient (Wildman–Crippen LogP) is -0.976. The molecule has 3 atom stereocenters. The lowest BCUT2D eigenvalue weighted by atomic mass is 10.0. The van der Waals surface area contributed by atoms with Crippen molar-refractivity contribution in [1.82, 2.24) is 51.2 Å². The molecule has 5 amide bonds. The Morgan fingerprint density at radius 3 is 1.54 bits per heavy atom. The molecule has 4 rings (SSSR count). The van der Waals surface area contributed by atoms with Crippen molar-refractivity contribution in [3.8, 4) is 0 Å². The van der Waals surface area contributed by atoms with Crippen LogP contribution in [0.4, 0.5) is 4.79 Å². The zero-order chi connectivity index (χ0) is 54.2. The van der Waals surface area contributed by atoms with Gasteiger partial charge < -0.3 is 57.2 Å². The third-order valence-electron chi connectivity index (χ3n) is 11.9. The Kier molecular flexibility index (Phi) is 24.0. The highest BCUT2D eigenvalue weighted by atomic mass is 16.4. The molecule has 402 valence electrons. The van der Waals surface area contributed by atoms with Crippen molar-refractivity contribution in [2.75, 3.05) is 85.1 Å². The number of aromatic nitrogens is 1. The van der Waals surface area contributed by atoms with E-state index in [2.05, 4.69) is 31.6 Å². The first-order chi connectivity index (χ1) is 35.2. The van der Waals surface area contributed by atoms with Gasteiger partial charge in [-0.3, -0.25) is 58.1 Å². The van der Waals surface area contributed by atoms with E-state index in [1.165, 1.54) is 12.3 Å². The highest BCUT2D eigenvalue weighted by Gasteiger charge is 2.27. The zero-order valence-electron chi connectivity index (χ0n) is 40.6. The fourth-order valence-corrected chi connectivity index (χ4v) is 7.90. The maximum absolute atomic E-state index is 13.7. The van der Waals surface area contributed by atoms with Gasteiger partial charge in [0.05, 0.1) is 26.2 Å². The molecule has 1 aliphatic heterocycles. The van der Waals surface area contributed by atoms with Gasteiger partial charge in [-0.15, -0.1) is 0 Å². The number of carbonyl (C=O) groups is 10. The standard InChI is InChI=1S/C48H64N10O16/c59-39(27-55-15-17-56(28-41(62)63)19-21-58(30-43(66)67)22-20-57(18-16-55)29-42(64)65)51-26-32-9-11-35(50-25-32)45(69)52-38(24-31-8-10-33-5-1-2-6-34(33)23-31)44(68)49-14-4-3-7-36(46(70)71)53-48(74)54-37(47(72)73)12-13-40(60)61/h1-2,5-6,8-11,23,25,36-38H,3-4,7,12-22,24,26-30H2,(H,49,68)(H,51,59)(H,52,69)(H,60,61)(H,62,63)(H,64,65)(H,66,67)(H,70,71)(H,72,73)(H2,53,54,74)/t36-,37-,38-/m0/s1. The molecule has 26 nitrogen and oxygen atoms in total. The summed E-state index contributed by atoms with van der Waals surface area (Å²) in [5.41, 5.74) is 1.23. The number of urea groups is 1. The number of pyridine rings is 1. The number of aliphatic carboxylic acids is 6. The summed E-state index contributed by atoms with van der Waals surface area (Å²) in [7, 11) is 0. The predicted molar refractivity (Wildman–Crippen MR) is 262 cm³/mol. The van der Waals surface area contributed by atoms with E-state index in [9.17, 15) is 73.5 Å². The molecular formula is C48H64N10O16. The van der Waals surface area contributed by atoms with Crippen molar-refractivity contribution in [2.24, 2.45) is 0 Å². The van der Waals surface area contributed by atoms with Gasteiger partial charge >= 0.3 is 41.8 Å². The molecule has 26 heteroatoms. The van der Waals surface area contributed by atoms with Gasteiger partial charge in [0.2, 0.25) is 11.8 Å². The zero-order valence-corrected chi connectivity index (χ0v) is 40.6. The maximum Gasteiger partial charge on any atom is 0.326 e. The molecule has 0 bridgehead atoms. The summed E-state index contributed by atoms with van der Waals surface area (Å²) in [5, 5.41) is 70.7. The van der Waals surface area contributed by atoms with Crippen molar-refractivity contribution in [2.45, 2.75) is 63.2 Å². The number of nitrogens with one attached hydrogen (secondary N) is 5. The van der Waals surface area contributed by atoms with Gasteiger partial charge in [0, 0.05) is 84.5 Å². The van der Waals surface area contributed by atoms with E-state index in [-0.39, 0.29) is 123 Å². The number of unbranched alkanes of at least 4 members (excludes halogenated alkanes) is 1. The number of amides is 5. The number of hydrogen-bond donors (Lipinski definition) is 11. The van der Waals surface area contributed by atoms with Crippen molar-refractivity contribution in [3.05, 3.63) is 77.6 Å². The Morgan fingerprint density at radius 2 is 1.04 bits per heavy atom. The third kappa shape index (κ3) is 21.9. The molecule has 0 saturated carbocycles. The first-order valence-corrected chi connectivity index (χ1v) is 23.8. The number of carboxylic acid groups (broad SMARTS) is 6. The van der Waals surface area contributed by atoms with Gasteiger partial charge in [-0.05, 0) is 53.6 Å². The number of hydrogen-bond acceptors (Lipinski definition) is 15.